The SMILES string of the molecule is NC(CC(=O)O)C(=O)NCCC1CCOC1. The van der Waals surface area contributed by atoms with E-state index in [2.05, 4.69) is 5.32 Å². The summed E-state index contributed by atoms with van der Waals surface area (Å²) in [7, 11) is 0. The summed E-state index contributed by atoms with van der Waals surface area (Å²) >= 11 is 0. The van der Waals surface area contributed by atoms with E-state index in [1.807, 2.05) is 0 Å². The van der Waals surface area contributed by atoms with E-state index in [1.165, 1.54) is 0 Å². The van der Waals surface area contributed by atoms with Crippen molar-refractivity contribution in [3.8, 4) is 0 Å². The monoisotopic (exact) mass is 230 g/mol. The van der Waals surface area contributed by atoms with Crippen LogP contribution >= 0.6 is 0 Å². The van der Waals surface area contributed by atoms with Crippen molar-refractivity contribution in [2.75, 3.05) is 19.8 Å². The van der Waals surface area contributed by atoms with Crippen LogP contribution in [-0.2, 0) is 14.3 Å². The Morgan fingerprint density at radius 2 is 2.31 bits per heavy atom. The van der Waals surface area contributed by atoms with Crippen LogP contribution in [0.2, 0.25) is 0 Å². The van der Waals surface area contributed by atoms with Crippen molar-refractivity contribution in [3.63, 3.8) is 0 Å². The molecule has 1 saturated heterocycles. The molecule has 1 aliphatic heterocycles. The number of carbonyl (C=O) groups excluding carboxylic acids is 1. The summed E-state index contributed by atoms with van der Waals surface area (Å²) in [5.41, 5.74) is 5.39. The molecule has 4 N–H and O–H groups in total. The molecule has 0 saturated carbocycles. The summed E-state index contributed by atoms with van der Waals surface area (Å²) in [6, 6.07) is -0.961. The molecule has 2 unspecified atom stereocenters. The molecule has 92 valence electrons. The van der Waals surface area contributed by atoms with Crippen molar-refractivity contribution in [1.29, 1.82) is 0 Å². The second kappa shape index (κ2) is 6.44. The molecule has 1 rings (SSSR count). The summed E-state index contributed by atoms with van der Waals surface area (Å²) in [6.45, 7) is 2.06. The van der Waals surface area contributed by atoms with Gasteiger partial charge in [0.2, 0.25) is 5.91 Å². The first kappa shape index (κ1) is 12.9. The van der Waals surface area contributed by atoms with Crippen LogP contribution in [0.25, 0.3) is 0 Å². The van der Waals surface area contributed by atoms with Gasteiger partial charge in [0.25, 0.3) is 0 Å². The number of ether oxygens (including phenoxy) is 1. The molecule has 6 nitrogen and oxygen atoms in total. The zero-order chi connectivity index (χ0) is 12.0. The number of nitrogens with two attached hydrogens (primary N) is 1. The number of amides is 1. The summed E-state index contributed by atoms with van der Waals surface area (Å²) in [5.74, 6) is -0.968. The second-order valence-electron chi connectivity index (χ2n) is 4.01. The highest BCUT2D eigenvalue weighted by Gasteiger charge is 2.18. The Kier molecular flexibility index (Phi) is 5.21. The predicted octanol–water partition coefficient (Wildman–Crippen LogP) is -0.669. The average Bonchev–Trinajstić information content (AvgIpc) is 2.69. The zero-order valence-electron chi connectivity index (χ0n) is 9.15. The van der Waals surface area contributed by atoms with Crippen molar-refractivity contribution < 1.29 is 19.4 Å². The molecular weight excluding hydrogens is 212 g/mol. The molecular formula is C10H18N2O4. The quantitative estimate of drug-likeness (QED) is 0.561. The largest absolute Gasteiger partial charge is 0.481 e. The van der Waals surface area contributed by atoms with Gasteiger partial charge < -0.3 is 20.9 Å². The third-order valence-corrected chi connectivity index (χ3v) is 2.61. The summed E-state index contributed by atoms with van der Waals surface area (Å²) in [4.78, 5) is 21.6. The molecule has 0 spiro atoms. The molecule has 0 aliphatic carbocycles. The lowest BCUT2D eigenvalue weighted by Crippen LogP contribution is -2.42. The maximum atomic E-state index is 11.3. The first-order valence-corrected chi connectivity index (χ1v) is 5.42. The van der Waals surface area contributed by atoms with E-state index in [1.54, 1.807) is 0 Å². The van der Waals surface area contributed by atoms with Gasteiger partial charge in [-0.3, -0.25) is 9.59 Å². The van der Waals surface area contributed by atoms with E-state index < -0.39 is 17.9 Å². The lowest BCUT2D eigenvalue weighted by molar-refractivity contribution is -0.139. The number of rotatable bonds is 6. The van der Waals surface area contributed by atoms with Gasteiger partial charge in [-0.25, -0.2) is 0 Å². The van der Waals surface area contributed by atoms with Gasteiger partial charge in [-0.1, -0.05) is 0 Å². The van der Waals surface area contributed by atoms with Crippen LogP contribution in [0.5, 0.6) is 0 Å². The average molecular weight is 230 g/mol. The number of carboxylic acids is 1. The molecule has 0 aromatic carbocycles. The fraction of sp³-hybridized carbons (Fsp3) is 0.800. The Hall–Kier alpha value is -1.14. The Bertz CT molecular complexity index is 251. The minimum absolute atomic E-state index is 0.335. The number of aliphatic carboxylic acids is 1. The first-order valence-electron chi connectivity index (χ1n) is 5.42. The standard InChI is InChI=1S/C10H18N2O4/c11-8(5-9(13)14)10(15)12-3-1-7-2-4-16-6-7/h7-8H,1-6,11H2,(H,12,15)(H,13,14). The molecule has 0 bridgehead atoms. The van der Waals surface area contributed by atoms with Gasteiger partial charge in [0.1, 0.15) is 0 Å². The van der Waals surface area contributed by atoms with Crippen LogP contribution in [0.1, 0.15) is 19.3 Å². The van der Waals surface area contributed by atoms with Crippen LogP contribution in [0.15, 0.2) is 0 Å². The third kappa shape index (κ3) is 4.59. The Labute approximate surface area is 94.1 Å². The van der Waals surface area contributed by atoms with E-state index in [-0.39, 0.29) is 6.42 Å². The van der Waals surface area contributed by atoms with Crippen LogP contribution in [0.4, 0.5) is 0 Å². The van der Waals surface area contributed by atoms with Crippen molar-refractivity contribution in [2.24, 2.45) is 11.7 Å². The van der Waals surface area contributed by atoms with Crippen LogP contribution in [-0.4, -0.2) is 42.8 Å². The maximum Gasteiger partial charge on any atom is 0.305 e. The fourth-order valence-electron chi connectivity index (χ4n) is 1.62. The molecule has 0 aromatic rings. The number of hydrogen-bond donors (Lipinski definition) is 3. The minimum atomic E-state index is -1.06. The van der Waals surface area contributed by atoms with E-state index in [4.69, 9.17) is 15.6 Å². The van der Waals surface area contributed by atoms with Crippen LogP contribution in [0, 0.1) is 5.92 Å². The molecule has 1 aliphatic rings. The Morgan fingerprint density at radius 3 is 2.88 bits per heavy atom. The van der Waals surface area contributed by atoms with Gasteiger partial charge in [-0.05, 0) is 18.8 Å². The molecule has 1 heterocycles. The van der Waals surface area contributed by atoms with Crippen molar-refractivity contribution in [2.45, 2.75) is 25.3 Å². The lowest BCUT2D eigenvalue weighted by atomic mass is 10.1. The van der Waals surface area contributed by atoms with Crippen LogP contribution < -0.4 is 11.1 Å². The molecule has 0 aromatic heterocycles. The fourth-order valence-corrected chi connectivity index (χ4v) is 1.62. The summed E-state index contributed by atoms with van der Waals surface area (Å²) in [5, 5.41) is 11.1. The minimum Gasteiger partial charge on any atom is -0.481 e. The van der Waals surface area contributed by atoms with Gasteiger partial charge in [0, 0.05) is 19.8 Å². The second-order valence-corrected chi connectivity index (χ2v) is 4.01. The maximum absolute atomic E-state index is 11.3. The van der Waals surface area contributed by atoms with Gasteiger partial charge in [-0.15, -0.1) is 0 Å². The highest BCUT2D eigenvalue weighted by molar-refractivity contribution is 5.85. The Morgan fingerprint density at radius 1 is 1.56 bits per heavy atom. The number of nitrogens with one attached hydrogen (secondary N) is 1. The number of carboxylic acid groups (broad SMARTS) is 1. The number of hydrogen-bond acceptors (Lipinski definition) is 4. The lowest BCUT2D eigenvalue weighted by Gasteiger charge is -2.11. The molecule has 6 heteroatoms. The van der Waals surface area contributed by atoms with E-state index in [0.29, 0.717) is 12.5 Å². The highest BCUT2D eigenvalue weighted by Crippen LogP contribution is 2.15. The first-order chi connectivity index (χ1) is 7.59. The van der Waals surface area contributed by atoms with E-state index >= 15 is 0 Å². The topological polar surface area (TPSA) is 102 Å². The molecule has 2 atom stereocenters. The van der Waals surface area contributed by atoms with Gasteiger partial charge in [0.05, 0.1) is 12.5 Å². The van der Waals surface area contributed by atoms with Gasteiger partial charge in [0.15, 0.2) is 0 Å². The van der Waals surface area contributed by atoms with Gasteiger partial charge in [-0.2, -0.15) is 0 Å². The summed E-state index contributed by atoms with van der Waals surface area (Å²) in [6.07, 6.45) is 1.54. The van der Waals surface area contributed by atoms with Gasteiger partial charge >= 0.3 is 5.97 Å². The molecule has 0 radical (unpaired) electrons. The molecule has 1 amide bonds. The highest BCUT2D eigenvalue weighted by atomic mass is 16.5. The van der Waals surface area contributed by atoms with Crippen molar-refractivity contribution >= 4 is 11.9 Å². The zero-order valence-corrected chi connectivity index (χ0v) is 9.15. The van der Waals surface area contributed by atoms with E-state index in [0.717, 1.165) is 26.1 Å². The van der Waals surface area contributed by atoms with Crippen molar-refractivity contribution in [3.05, 3.63) is 0 Å². The third-order valence-electron chi connectivity index (χ3n) is 2.61. The normalized spacial score (nSPS) is 21.7. The molecule has 1 fully saturated rings. The van der Waals surface area contributed by atoms with E-state index in [9.17, 15) is 9.59 Å². The molecule has 16 heavy (non-hydrogen) atoms. The smallest absolute Gasteiger partial charge is 0.305 e. The van der Waals surface area contributed by atoms with Crippen molar-refractivity contribution in [1.82, 2.24) is 5.32 Å². The summed E-state index contributed by atoms with van der Waals surface area (Å²) < 4.78 is 5.20. The van der Waals surface area contributed by atoms with Crippen LogP contribution in [0.3, 0.4) is 0 Å². The predicted molar refractivity (Wildman–Crippen MR) is 56.8 cm³/mol. The number of carbonyl (C=O) groups is 2. The Balaban J connectivity index is 2.11.